The van der Waals surface area contributed by atoms with Gasteiger partial charge in [0, 0.05) is 30.6 Å². The Balaban J connectivity index is 1.55. The second-order valence-electron chi connectivity index (χ2n) is 7.56. The van der Waals surface area contributed by atoms with Gasteiger partial charge in [-0.3, -0.25) is 9.67 Å². The molecule has 3 aromatic heterocycles. The fourth-order valence-corrected chi connectivity index (χ4v) is 3.75. The largest absolute Gasteiger partial charge is 0.274 e. The number of nitrogens with zero attached hydrogens (tertiary/aromatic N) is 6. The van der Waals surface area contributed by atoms with Gasteiger partial charge >= 0.3 is 0 Å². The van der Waals surface area contributed by atoms with Crippen LogP contribution >= 0.6 is 0 Å². The van der Waals surface area contributed by atoms with Gasteiger partial charge in [0.1, 0.15) is 11.4 Å². The third-order valence-electron chi connectivity index (χ3n) is 5.26. The van der Waals surface area contributed by atoms with Crippen molar-refractivity contribution in [3.8, 4) is 22.5 Å². The zero-order valence-corrected chi connectivity index (χ0v) is 16.0. The minimum atomic E-state index is 0.137. The van der Waals surface area contributed by atoms with Crippen LogP contribution in [0.15, 0.2) is 61.1 Å². The number of aryl methyl sites for hydroxylation is 2. The van der Waals surface area contributed by atoms with E-state index in [1.165, 1.54) is 18.4 Å². The number of rotatable bonds is 5. The molecular weight excluding hydrogens is 348 g/mol. The fraction of sp³-hybridized carbons (Fsp3) is 0.273. The lowest BCUT2D eigenvalue weighted by Crippen LogP contribution is -2.15. The van der Waals surface area contributed by atoms with E-state index in [9.17, 15) is 0 Å². The van der Waals surface area contributed by atoms with Gasteiger partial charge < -0.3 is 0 Å². The van der Waals surface area contributed by atoms with E-state index < -0.39 is 0 Å². The van der Waals surface area contributed by atoms with Crippen molar-refractivity contribution in [1.82, 2.24) is 29.8 Å². The number of hydrogen-bond acceptors (Lipinski definition) is 4. The van der Waals surface area contributed by atoms with Crippen LogP contribution in [0, 0.1) is 12.8 Å². The Morgan fingerprint density at radius 3 is 2.64 bits per heavy atom. The molecule has 4 aromatic rings. The highest BCUT2D eigenvalue weighted by Gasteiger charge is 2.35. The molecule has 1 atom stereocenters. The van der Waals surface area contributed by atoms with Gasteiger partial charge in [-0.2, -0.15) is 5.10 Å². The van der Waals surface area contributed by atoms with Crippen LogP contribution in [0.2, 0.25) is 0 Å². The van der Waals surface area contributed by atoms with Crippen molar-refractivity contribution in [2.24, 2.45) is 13.0 Å². The Labute approximate surface area is 163 Å². The molecule has 0 saturated heterocycles. The summed E-state index contributed by atoms with van der Waals surface area (Å²) in [4.78, 5) is 4.62. The lowest BCUT2D eigenvalue weighted by atomic mass is 10.1. The van der Waals surface area contributed by atoms with E-state index in [0.717, 1.165) is 28.2 Å². The highest BCUT2D eigenvalue weighted by Crippen LogP contribution is 2.43. The smallest absolute Gasteiger partial charge is 0.116 e. The standard InChI is InChI=1S/C22H22N6/c1-15-10-11-23-19(12-15)22(17-8-9-17)28-14-20(24-26-28)18-13-27(2)25-21(18)16-6-4-3-5-7-16/h3-7,10-14,17,22H,8-9H2,1-2H3/t22-/m0/s1. The van der Waals surface area contributed by atoms with Crippen molar-refractivity contribution in [3.05, 3.63) is 72.3 Å². The summed E-state index contributed by atoms with van der Waals surface area (Å²) in [6.45, 7) is 2.10. The van der Waals surface area contributed by atoms with Gasteiger partial charge in [-0.1, -0.05) is 35.5 Å². The number of benzene rings is 1. The molecule has 3 heterocycles. The van der Waals surface area contributed by atoms with Crippen molar-refractivity contribution in [2.75, 3.05) is 0 Å². The average molecular weight is 370 g/mol. The summed E-state index contributed by atoms with van der Waals surface area (Å²) in [6, 6.07) is 14.5. The van der Waals surface area contributed by atoms with Crippen LogP contribution in [-0.2, 0) is 7.05 Å². The van der Waals surface area contributed by atoms with Crippen LogP contribution in [0.3, 0.4) is 0 Å². The first-order valence-electron chi connectivity index (χ1n) is 9.63. The van der Waals surface area contributed by atoms with Gasteiger partial charge in [-0.05, 0) is 43.4 Å². The monoisotopic (exact) mass is 370 g/mol. The molecule has 0 unspecified atom stereocenters. The third kappa shape index (κ3) is 3.11. The quantitative estimate of drug-likeness (QED) is 0.532. The summed E-state index contributed by atoms with van der Waals surface area (Å²) in [5.41, 5.74) is 6.11. The summed E-state index contributed by atoms with van der Waals surface area (Å²) < 4.78 is 3.81. The maximum atomic E-state index is 4.66. The van der Waals surface area contributed by atoms with E-state index in [-0.39, 0.29) is 6.04 Å². The minimum Gasteiger partial charge on any atom is -0.274 e. The molecule has 6 nitrogen and oxygen atoms in total. The summed E-state index contributed by atoms with van der Waals surface area (Å²) in [5.74, 6) is 0.575. The first kappa shape index (κ1) is 16.9. The Bertz CT molecular complexity index is 1110. The molecular formula is C22H22N6. The molecule has 0 bridgehead atoms. The van der Waals surface area contributed by atoms with Crippen molar-refractivity contribution in [2.45, 2.75) is 25.8 Å². The second-order valence-corrected chi connectivity index (χ2v) is 7.56. The predicted octanol–water partition coefficient (Wildman–Crippen LogP) is 4.05. The Kier molecular flexibility index (Phi) is 4.04. The Morgan fingerprint density at radius 2 is 1.89 bits per heavy atom. The number of hydrogen-bond donors (Lipinski definition) is 0. The van der Waals surface area contributed by atoms with Gasteiger partial charge in [-0.15, -0.1) is 5.10 Å². The number of pyridine rings is 1. The van der Waals surface area contributed by atoms with Crippen molar-refractivity contribution >= 4 is 0 Å². The normalized spacial score (nSPS) is 14.9. The molecule has 0 amide bonds. The highest BCUT2D eigenvalue weighted by molar-refractivity contribution is 5.78. The molecule has 6 heteroatoms. The molecule has 1 fully saturated rings. The minimum absolute atomic E-state index is 0.137. The summed E-state index contributed by atoms with van der Waals surface area (Å²) in [6.07, 6.45) is 8.34. The zero-order chi connectivity index (χ0) is 19.1. The molecule has 1 aromatic carbocycles. The first-order valence-corrected chi connectivity index (χ1v) is 9.63. The average Bonchev–Trinajstić information content (AvgIpc) is 3.27. The van der Waals surface area contributed by atoms with E-state index in [4.69, 9.17) is 0 Å². The Morgan fingerprint density at radius 1 is 1.07 bits per heavy atom. The van der Waals surface area contributed by atoms with Gasteiger partial charge in [0.25, 0.3) is 0 Å². The van der Waals surface area contributed by atoms with Crippen LogP contribution < -0.4 is 0 Å². The number of aromatic nitrogens is 6. The van der Waals surface area contributed by atoms with Crippen LogP contribution in [0.1, 0.15) is 30.1 Å². The molecule has 1 aliphatic rings. The lowest BCUT2D eigenvalue weighted by molar-refractivity contribution is 0.448. The van der Waals surface area contributed by atoms with Crippen molar-refractivity contribution in [1.29, 1.82) is 0 Å². The van der Waals surface area contributed by atoms with Crippen LogP contribution in [-0.4, -0.2) is 29.8 Å². The maximum Gasteiger partial charge on any atom is 0.116 e. The van der Waals surface area contributed by atoms with E-state index in [1.807, 2.05) is 59.3 Å². The maximum absolute atomic E-state index is 4.66. The van der Waals surface area contributed by atoms with Crippen LogP contribution in [0.4, 0.5) is 0 Å². The highest BCUT2D eigenvalue weighted by atomic mass is 15.4. The van der Waals surface area contributed by atoms with Gasteiger partial charge in [0.15, 0.2) is 0 Å². The third-order valence-corrected chi connectivity index (χ3v) is 5.26. The molecule has 0 aliphatic heterocycles. The van der Waals surface area contributed by atoms with E-state index in [2.05, 4.69) is 45.5 Å². The van der Waals surface area contributed by atoms with Gasteiger partial charge in [0.05, 0.1) is 17.9 Å². The summed E-state index contributed by atoms with van der Waals surface area (Å²) in [7, 11) is 1.93. The first-order chi connectivity index (χ1) is 13.7. The lowest BCUT2D eigenvalue weighted by Gasteiger charge is -2.16. The molecule has 140 valence electrons. The van der Waals surface area contributed by atoms with E-state index in [1.54, 1.807) is 0 Å². The molecule has 1 aliphatic carbocycles. The molecule has 1 saturated carbocycles. The van der Waals surface area contributed by atoms with Crippen molar-refractivity contribution < 1.29 is 0 Å². The van der Waals surface area contributed by atoms with Crippen LogP contribution in [0.25, 0.3) is 22.5 Å². The molecule has 0 radical (unpaired) electrons. The Hall–Kier alpha value is -3.28. The van der Waals surface area contributed by atoms with E-state index in [0.29, 0.717) is 5.92 Å². The summed E-state index contributed by atoms with van der Waals surface area (Å²) in [5, 5.41) is 13.6. The molecule has 5 rings (SSSR count). The molecule has 28 heavy (non-hydrogen) atoms. The zero-order valence-electron chi connectivity index (χ0n) is 16.0. The van der Waals surface area contributed by atoms with Gasteiger partial charge in [0.2, 0.25) is 0 Å². The van der Waals surface area contributed by atoms with Crippen molar-refractivity contribution in [3.63, 3.8) is 0 Å². The second kappa shape index (κ2) is 6.71. The SMILES string of the molecule is Cc1ccnc([C@H](C2CC2)n2cc(-c3cn(C)nc3-c3ccccc3)nn2)c1. The van der Waals surface area contributed by atoms with E-state index >= 15 is 0 Å². The predicted molar refractivity (Wildman–Crippen MR) is 107 cm³/mol. The molecule has 0 spiro atoms. The summed E-state index contributed by atoms with van der Waals surface area (Å²) >= 11 is 0. The topological polar surface area (TPSA) is 61.4 Å². The molecule has 0 N–H and O–H groups in total. The van der Waals surface area contributed by atoms with Crippen LogP contribution in [0.5, 0.6) is 0 Å². The fourth-order valence-electron chi connectivity index (χ4n) is 3.75. The van der Waals surface area contributed by atoms with Gasteiger partial charge in [-0.25, -0.2) is 4.68 Å².